The lowest BCUT2D eigenvalue weighted by Crippen LogP contribution is -2.36. The number of hydrogen-bond acceptors (Lipinski definition) is 2. The van der Waals surface area contributed by atoms with Crippen molar-refractivity contribution in [3.63, 3.8) is 0 Å². The number of halogens is 1. The fourth-order valence-corrected chi connectivity index (χ4v) is 2.44. The van der Waals surface area contributed by atoms with Gasteiger partial charge in [0, 0.05) is 17.3 Å². The molecule has 0 heterocycles. The molecule has 120 valence electrons. The highest BCUT2D eigenvalue weighted by Gasteiger charge is 2.14. The van der Waals surface area contributed by atoms with E-state index in [0.717, 1.165) is 17.5 Å². The second kappa shape index (κ2) is 8.34. The summed E-state index contributed by atoms with van der Waals surface area (Å²) in [6.45, 7) is 2.37. The minimum atomic E-state index is -0.656. The van der Waals surface area contributed by atoms with E-state index in [0.29, 0.717) is 23.7 Å². The van der Waals surface area contributed by atoms with Gasteiger partial charge < -0.3 is 10.6 Å². The van der Waals surface area contributed by atoms with E-state index in [9.17, 15) is 9.59 Å². The van der Waals surface area contributed by atoms with Crippen molar-refractivity contribution in [3.8, 4) is 0 Å². The van der Waals surface area contributed by atoms with Gasteiger partial charge in [-0.25, -0.2) is 0 Å². The highest BCUT2D eigenvalue weighted by Crippen LogP contribution is 2.15. The number of nitrogens with one attached hydrogen (secondary N) is 2. The van der Waals surface area contributed by atoms with Crippen LogP contribution in [0.2, 0.25) is 5.02 Å². The van der Waals surface area contributed by atoms with E-state index < -0.39 is 11.8 Å². The Morgan fingerprint density at radius 2 is 1.83 bits per heavy atom. The molecule has 0 unspecified atom stereocenters. The molecule has 0 aliphatic carbocycles. The Balaban J connectivity index is 1.84. The number of hydrogen-bond donors (Lipinski definition) is 2. The molecule has 2 N–H and O–H groups in total. The van der Waals surface area contributed by atoms with Gasteiger partial charge in [0.1, 0.15) is 0 Å². The average molecular weight is 331 g/mol. The molecule has 0 radical (unpaired) electrons. The van der Waals surface area contributed by atoms with Gasteiger partial charge in [0.15, 0.2) is 0 Å². The maximum atomic E-state index is 11.9. The Hall–Kier alpha value is -2.33. The van der Waals surface area contributed by atoms with Crippen LogP contribution in [0.25, 0.3) is 0 Å². The molecule has 0 saturated heterocycles. The van der Waals surface area contributed by atoms with Crippen LogP contribution in [-0.4, -0.2) is 18.4 Å². The molecule has 4 nitrogen and oxygen atoms in total. The second-order valence-corrected chi connectivity index (χ2v) is 5.54. The third-order valence-electron chi connectivity index (χ3n) is 3.44. The Labute approximate surface area is 140 Å². The molecule has 0 aromatic heterocycles. The summed E-state index contributed by atoms with van der Waals surface area (Å²) in [5, 5.41) is 5.92. The Bertz CT molecular complexity index is 701. The number of anilines is 1. The first kappa shape index (κ1) is 17.0. The highest BCUT2D eigenvalue weighted by atomic mass is 35.5. The molecule has 2 amide bonds. The fraction of sp³-hybridized carbons (Fsp3) is 0.222. The number of rotatable bonds is 5. The minimum Gasteiger partial charge on any atom is -0.347 e. The topological polar surface area (TPSA) is 58.2 Å². The van der Waals surface area contributed by atoms with E-state index in [1.807, 2.05) is 43.3 Å². The van der Waals surface area contributed by atoms with Crippen LogP contribution in [0.3, 0.4) is 0 Å². The summed E-state index contributed by atoms with van der Waals surface area (Å²) in [5.74, 6) is -1.30. The van der Waals surface area contributed by atoms with Gasteiger partial charge in [-0.1, -0.05) is 48.9 Å². The Morgan fingerprint density at radius 3 is 2.57 bits per heavy atom. The van der Waals surface area contributed by atoms with Gasteiger partial charge >= 0.3 is 11.8 Å². The first-order valence-corrected chi connectivity index (χ1v) is 7.89. The van der Waals surface area contributed by atoms with Gasteiger partial charge in [-0.2, -0.15) is 0 Å². The van der Waals surface area contributed by atoms with Gasteiger partial charge in [-0.05, 0) is 42.2 Å². The first-order valence-electron chi connectivity index (χ1n) is 7.51. The van der Waals surface area contributed by atoms with Crippen LogP contribution in [0, 0.1) is 0 Å². The summed E-state index contributed by atoms with van der Waals surface area (Å²) < 4.78 is 0. The van der Waals surface area contributed by atoms with Gasteiger partial charge in [0.05, 0.1) is 0 Å². The maximum absolute atomic E-state index is 11.9. The largest absolute Gasteiger partial charge is 0.347 e. The molecule has 0 saturated carbocycles. The van der Waals surface area contributed by atoms with E-state index in [1.54, 1.807) is 12.1 Å². The van der Waals surface area contributed by atoms with Gasteiger partial charge in [-0.15, -0.1) is 0 Å². The molecular weight excluding hydrogens is 312 g/mol. The maximum Gasteiger partial charge on any atom is 0.313 e. The monoisotopic (exact) mass is 330 g/mol. The molecule has 23 heavy (non-hydrogen) atoms. The quantitative estimate of drug-likeness (QED) is 0.827. The summed E-state index contributed by atoms with van der Waals surface area (Å²) >= 11 is 5.90. The molecule has 5 heteroatoms. The molecular formula is C18H19ClN2O2. The fourth-order valence-electron chi connectivity index (χ4n) is 2.22. The van der Waals surface area contributed by atoms with Crippen molar-refractivity contribution in [1.82, 2.24) is 5.32 Å². The summed E-state index contributed by atoms with van der Waals surface area (Å²) in [5.41, 5.74) is 2.67. The average Bonchev–Trinajstić information content (AvgIpc) is 2.55. The van der Waals surface area contributed by atoms with E-state index in [-0.39, 0.29) is 0 Å². The van der Waals surface area contributed by atoms with Crippen LogP contribution in [0.1, 0.15) is 18.1 Å². The first-order chi connectivity index (χ1) is 11.1. The normalized spacial score (nSPS) is 10.2. The summed E-state index contributed by atoms with van der Waals surface area (Å²) in [7, 11) is 0. The van der Waals surface area contributed by atoms with E-state index in [2.05, 4.69) is 10.6 Å². The third-order valence-corrected chi connectivity index (χ3v) is 3.68. The van der Waals surface area contributed by atoms with Crippen molar-refractivity contribution >= 4 is 29.1 Å². The SMILES string of the molecule is CCc1ccccc1NC(=O)C(=O)NCCc1cccc(Cl)c1. The summed E-state index contributed by atoms with van der Waals surface area (Å²) in [4.78, 5) is 23.8. The van der Waals surface area contributed by atoms with Crippen LogP contribution in [0.5, 0.6) is 0 Å². The number of benzene rings is 2. The molecule has 2 rings (SSSR count). The van der Waals surface area contributed by atoms with Crippen LogP contribution in [0.4, 0.5) is 5.69 Å². The lowest BCUT2D eigenvalue weighted by molar-refractivity contribution is -0.136. The van der Waals surface area contributed by atoms with Gasteiger partial charge in [0.2, 0.25) is 0 Å². The lowest BCUT2D eigenvalue weighted by atomic mass is 10.1. The van der Waals surface area contributed by atoms with E-state index in [4.69, 9.17) is 11.6 Å². The van der Waals surface area contributed by atoms with Crippen LogP contribution >= 0.6 is 11.6 Å². The van der Waals surface area contributed by atoms with Crippen molar-refractivity contribution in [2.75, 3.05) is 11.9 Å². The van der Waals surface area contributed by atoms with Crippen LogP contribution in [-0.2, 0) is 22.4 Å². The molecule has 2 aromatic carbocycles. The smallest absolute Gasteiger partial charge is 0.313 e. The highest BCUT2D eigenvalue weighted by molar-refractivity contribution is 6.39. The molecule has 0 aliphatic heterocycles. The second-order valence-electron chi connectivity index (χ2n) is 5.10. The van der Waals surface area contributed by atoms with E-state index in [1.165, 1.54) is 0 Å². The van der Waals surface area contributed by atoms with E-state index >= 15 is 0 Å². The standard InChI is InChI=1S/C18H19ClN2O2/c1-2-14-7-3-4-9-16(14)21-18(23)17(22)20-11-10-13-6-5-8-15(19)12-13/h3-9,12H,2,10-11H2,1H3,(H,20,22)(H,21,23). The zero-order chi connectivity index (χ0) is 16.7. The van der Waals surface area contributed by atoms with Crippen molar-refractivity contribution in [2.45, 2.75) is 19.8 Å². The molecule has 0 aliphatic rings. The molecule has 0 atom stereocenters. The number of para-hydroxylation sites is 1. The Kier molecular flexibility index (Phi) is 6.18. The van der Waals surface area contributed by atoms with Gasteiger partial charge in [-0.3, -0.25) is 9.59 Å². The predicted molar refractivity (Wildman–Crippen MR) is 92.6 cm³/mol. The zero-order valence-corrected chi connectivity index (χ0v) is 13.7. The Morgan fingerprint density at radius 1 is 1.04 bits per heavy atom. The van der Waals surface area contributed by atoms with Gasteiger partial charge in [0.25, 0.3) is 0 Å². The predicted octanol–water partition coefficient (Wildman–Crippen LogP) is 3.20. The number of carbonyl (C=O) groups excluding carboxylic acids is 2. The number of aryl methyl sites for hydroxylation is 1. The lowest BCUT2D eigenvalue weighted by Gasteiger charge is -2.10. The molecule has 0 spiro atoms. The zero-order valence-electron chi connectivity index (χ0n) is 12.9. The van der Waals surface area contributed by atoms with Crippen molar-refractivity contribution in [3.05, 3.63) is 64.7 Å². The van der Waals surface area contributed by atoms with Crippen LogP contribution < -0.4 is 10.6 Å². The van der Waals surface area contributed by atoms with Crippen molar-refractivity contribution < 1.29 is 9.59 Å². The molecule has 2 aromatic rings. The summed E-state index contributed by atoms with van der Waals surface area (Å²) in [6, 6.07) is 14.9. The molecule has 0 bridgehead atoms. The summed E-state index contributed by atoms with van der Waals surface area (Å²) in [6.07, 6.45) is 1.40. The minimum absolute atomic E-state index is 0.377. The number of carbonyl (C=O) groups is 2. The third kappa shape index (κ3) is 5.11. The van der Waals surface area contributed by atoms with Crippen molar-refractivity contribution in [1.29, 1.82) is 0 Å². The number of amides is 2. The molecule has 0 fully saturated rings. The van der Waals surface area contributed by atoms with Crippen LogP contribution in [0.15, 0.2) is 48.5 Å². The van der Waals surface area contributed by atoms with Crippen molar-refractivity contribution in [2.24, 2.45) is 0 Å².